The lowest BCUT2D eigenvalue weighted by Crippen LogP contribution is -2.07. The molecule has 5 heteroatoms. The number of rotatable bonds is 4. The van der Waals surface area contributed by atoms with Gasteiger partial charge in [-0.3, -0.25) is 5.21 Å². The normalized spacial score (nSPS) is 9.38. The molecule has 0 aliphatic rings. The Labute approximate surface area is 75.4 Å². The molecule has 0 heterocycles. The molecule has 0 amide bonds. The van der Waals surface area contributed by atoms with Gasteiger partial charge in [0.05, 0.1) is 17.6 Å². The highest BCUT2D eigenvalue weighted by Gasteiger charge is 2.02. The van der Waals surface area contributed by atoms with Gasteiger partial charge in [0.2, 0.25) is 0 Å². The van der Waals surface area contributed by atoms with Gasteiger partial charge in [0.25, 0.3) is 0 Å². The van der Waals surface area contributed by atoms with E-state index in [1.165, 1.54) is 6.07 Å². The molecule has 1 N–H and O–H groups in total. The zero-order valence-electron chi connectivity index (χ0n) is 7.17. The number of nitroso groups, excluding NO2 is 1. The van der Waals surface area contributed by atoms with Crippen molar-refractivity contribution in [3.63, 3.8) is 0 Å². The second-order valence-corrected chi connectivity index (χ2v) is 2.30. The molecule has 0 saturated heterocycles. The van der Waals surface area contributed by atoms with E-state index >= 15 is 0 Å². The van der Waals surface area contributed by atoms with Crippen LogP contribution in [0.4, 0.5) is 5.69 Å². The van der Waals surface area contributed by atoms with Crippen LogP contribution in [0.3, 0.4) is 0 Å². The standard InChI is InChI=1S/C8H10N2O3/c1-2-13-8-5-3-4-7(6-8)10(12)9-11/h3-6,12H,2H2,1H3. The van der Waals surface area contributed by atoms with Gasteiger partial charge in [0.15, 0.2) is 0 Å². The molecule has 0 saturated carbocycles. The monoisotopic (exact) mass is 182 g/mol. The summed E-state index contributed by atoms with van der Waals surface area (Å²) >= 11 is 0. The summed E-state index contributed by atoms with van der Waals surface area (Å²) in [5.74, 6) is 0.586. The van der Waals surface area contributed by atoms with E-state index in [2.05, 4.69) is 5.29 Å². The Bertz CT molecular complexity index is 290. The van der Waals surface area contributed by atoms with Gasteiger partial charge in [-0.05, 0) is 19.1 Å². The molecule has 0 atom stereocenters. The van der Waals surface area contributed by atoms with E-state index in [0.717, 1.165) is 0 Å². The Morgan fingerprint density at radius 2 is 2.38 bits per heavy atom. The number of anilines is 1. The number of ether oxygens (including phenoxy) is 1. The van der Waals surface area contributed by atoms with Crippen LogP contribution in [0.5, 0.6) is 5.75 Å². The van der Waals surface area contributed by atoms with E-state index in [1.807, 2.05) is 6.92 Å². The van der Waals surface area contributed by atoms with Crippen molar-refractivity contribution in [1.82, 2.24) is 0 Å². The molecule has 0 aliphatic heterocycles. The highest BCUT2D eigenvalue weighted by molar-refractivity contribution is 5.47. The number of benzene rings is 1. The zero-order chi connectivity index (χ0) is 9.68. The fraction of sp³-hybridized carbons (Fsp3) is 0.250. The smallest absolute Gasteiger partial charge is 0.121 e. The number of nitrogens with zero attached hydrogens (tertiary/aromatic N) is 2. The summed E-state index contributed by atoms with van der Waals surface area (Å²) in [4.78, 5) is 9.96. The van der Waals surface area contributed by atoms with Gasteiger partial charge in [-0.1, -0.05) is 6.07 Å². The topological polar surface area (TPSA) is 62.1 Å². The molecular formula is C8H10N2O3. The van der Waals surface area contributed by atoms with E-state index in [1.54, 1.807) is 18.2 Å². The number of hydrogen-bond acceptors (Lipinski definition) is 4. The van der Waals surface area contributed by atoms with Gasteiger partial charge in [-0.25, -0.2) is 0 Å². The molecule has 70 valence electrons. The van der Waals surface area contributed by atoms with E-state index in [9.17, 15) is 4.91 Å². The molecule has 0 spiro atoms. The zero-order valence-corrected chi connectivity index (χ0v) is 7.17. The summed E-state index contributed by atoms with van der Waals surface area (Å²) in [6, 6.07) is 6.45. The molecule has 0 fully saturated rings. The maximum atomic E-state index is 9.96. The second kappa shape index (κ2) is 4.42. The lowest BCUT2D eigenvalue weighted by Gasteiger charge is -2.08. The summed E-state index contributed by atoms with van der Waals surface area (Å²) in [5.41, 5.74) is 0.279. The Morgan fingerprint density at radius 1 is 1.62 bits per heavy atom. The average molecular weight is 182 g/mol. The van der Waals surface area contributed by atoms with E-state index in [4.69, 9.17) is 9.94 Å². The molecule has 0 bridgehead atoms. The van der Waals surface area contributed by atoms with Crippen molar-refractivity contribution in [3.05, 3.63) is 29.2 Å². The van der Waals surface area contributed by atoms with Gasteiger partial charge >= 0.3 is 0 Å². The molecule has 5 nitrogen and oxygen atoms in total. The number of hydrogen-bond donors (Lipinski definition) is 1. The van der Waals surface area contributed by atoms with E-state index < -0.39 is 0 Å². The van der Waals surface area contributed by atoms with Crippen LogP contribution in [0.2, 0.25) is 0 Å². The van der Waals surface area contributed by atoms with Crippen LogP contribution in [0.1, 0.15) is 6.92 Å². The Morgan fingerprint density at radius 3 is 3.00 bits per heavy atom. The third-order valence-corrected chi connectivity index (χ3v) is 1.44. The highest BCUT2D eigenvalue weighted by Crippen LogP contribution is 2.19. The molecule has 0 aromatic heterocycles. The molecule has 1 rings (SSSR count). The third-order valence-electron chi connectivity index (χ3n) is 1.44. The third kappa shape index (κ3) is 2.41. The first-order chi connectivity index (χ1) is 6.27. The SMILES string of the molecule is CCOc1cccc(N(O)N=O)c1. The van der Waals surface area contributed by atoms with Crippen LogP contribution in [-0.4, -0.2) is 11.8 Å². The summed E-state index contributed by atoms with van der Waals surface area (Å²) in [5, 5.41) is 11.5. The maximum absolute atomic E-state index is 9.96. The van der Waals surface area contributed by atoms with Crippen molar-refractivity contribution in [2.24, 2.45) is 5.29 Å². The highest BCUT2D eigenvalue weighted by atomic mass is 16.6. The summed E-state index contributed by atoms with van der Waals surface area (Å²) in [6.45, 7) is 2.38. The largest absolute Gasteiger partial charge is 0.494 e. The molecule has 0 unspecified atom stereocenters. The maximum Gasteiger partial charge on any atom is 0.121 e. The summed E-state index contributed by atoms with van der Waals surface area (Å²) in [6.07, 6.45) is 0. The Kier molecular flexibility index (Phi) is 3.22. The predicted molar refractivity (Wildman–Crippen MR) is 47.7 cm³/mol. The Hall–Kier alpha value is -1.62. The summed E-state index contributed by atoms with van der Waals surface area (Å²) < 4.78 is 5.16. The average Bonchev–Trinajstić information content (AvgIpc) is 2.18. The van der Waals surface area contributed by atoms with Crippen LogP contribution >= 0.6 is 0 Å². The fourth-order valence-corrected chi connectivity index (χ4v) is 0.912. The fourth-order valence-electron chi connectivity index (χ4n) is 0.912. The van der Waals surface area contributed by atoms with Crippen molar-refractivity contribution >= 4 is 5.69 Å². The van der Waals surface area contributed by atoms with E-state index in [0.29, 0.717) is 12.4 Å². The minimum absolute atomic E-state index is 0.252. The molecule has 1 aromatic rings. The van der Waals surface area contributed by atoms with Crippen LogP contribution in [0, 0.1) is 4.91 Å². The first-order valence-electron chi connectivity index (χ1n) is 3.83. The van der Waals surface area contributed by atoms with Gasteiger partial charge < -0.3 is 4.74 Å². The van der Waals surface area contributed by atoms with Crippen LogP contribution in [-0.2, 0) is 0 Å². The van der Waals surface area contributed by atoms with Crippen LogP contribution in [0.25, 0.3) is 0 Å². The molecule has 0 radical (unpaired) electrons. The predicted octanol–water partition coefficient (Wildman–Crippen LogP) is 1.96. The van der Waals surface area contributed by atoms with Gasteiger partial charge in [0, 0.05) is 6.07 Å². The first-order valence-corrected chi connectivity index (χ1v) is 3.83. The molecule has 1 aromatic carbocycles. The quantitative estimate of drug-likeness (QED) is 0.571. The lowest BCUT2D eigenvalue weighted by atomic mass is 10.3. The molecule has 13 heavy (non-hydrogen) atoms. The lowest BCUT2D eigenvalue weighted by molar-refractivity contribution is 0.257. The van der Waals surface area contributed by atoms with E-state index in [-0.39, 0.29) is 10.9 Å². The first kappa shape index (κ1) is 9.47. The van der Waals surface area contributed by atoms with Crippen LogP contribution in [0.15, 0.2) is 29.6 Å². The molecular weight excluding hydrogens is 172 g/mol. The van der Waals surface area contributed by atoms with Crippen molar-refractivity contribution in [2.45, 2.75) is 6.92 Å². The minimum Gasteiger partial charge on any atom is -0.494 e. The van der Waals surface area contributed by atoms with Gasteiger partial charge in [0.1, 0.15) is 5.75 Å². The molecule has 0 aliphatic carbocycles. The summed E-state index contributed by atoms with van der Waals surface area (Å²) in [7, 11) is 0. The van der Waals surface area contributed by atoms with Crippen molar-refractivity contribution in [3.8, 4) is 5.75 Å². The van der Waals surface area contributed by atoms with Crippen molar-refractivity contribution in [2.75, 3.05) is 11.8 Å². The van der Waals surface area contributed by atoms with Crippen molar-refractivity contribution in [1.29, 1.82) is 0 Å². The minimum atomic E-state index is 0.252. The van der Waals surface area contributed by atoms with Gasteiger partial charge in [-0.2, -0.15) is 0 Å². The second-order valence-electron chi connectivity index (χ2n) is 2.30. The van der Waals surface area contributed by atoms with Crippen molar-refractivity contribution < 1.29 is 9.94 Å². The van der Waals surface area contributed by atoms with Gasteiger partial charge in [-0.15, -0.1) is 10.1 Å². The van der Waals surface area contributed by atoms with Crippen LogP contribution < -0.4 is 9.91 Å². The Balaban J connectivity index is 2.84.